The third-order valence-electron chi connectivity index (χ3n) is 13.0. The van der Waals surface area contributed by atoms with Crippen LogP contribution in [0.15, 0.2) is 109 Å². The number of nitrogens with zero attached hydrogens (tertiary/aromatic N) is 8. The van der Waals surface area contributed by atoms with Crippen LogP contribution in [0.4, 0.5) is 23.0 Å². The van der Waals surface area contributed by atoms with E-state index in [4.69, 9.17) is 39.1 Å². The summed E-state index contributed by atoms with van der Waals surface area (Å²) < 4.78 is 3.81. The topological polar surface area (TPSA) is 141 Å². The summed E-state index contributed by atoms with van der Waals surface area (Å²) in [4.78, 5) is 36.2. The third-order valence-corrected chi connectivity index (χ3v) is 15.7. The van der Waals surface area contributed by atoms with Crippen molar-refractivity contribution in [2.24, 2.45) is 14.1 Å². The van der Waals surface area contributed by atoms with Crippen molar-refractivity contribution < 1.29 is 14.7 Å². The van der Waals surface area contributed by atoms with Gasteiger partial charge in [0.15, 0.2) is 11.6 Å². The zero-order valence-electron chi connectivity index (χ0n) is 40.8. The normalized spacial score (nSPS) is 14.1. The fraction of sp³-hybridized carbons (Fsp3) is 0.333. The van der Waals surface area contributed by atoms with Crippen LogP contribution in [0.2, 0.25) is 10.0 Å². The molecule has 0 unspecified atom stereocenters. The Morgan fingerprint density at radius 2 is 1.07 bits per heavy atom. The lowest BCUT2D eigenvalue weighted by molar-refractivity contribution is 0.0702. The average Bonchev–Trinajstić information content (AvgIpc) is 4.21. The molecule has 0 bridgehead atoms. The van der Waals surface area contributed by atoms with Crippen LogP contribution in [0.3, 0.4) is 0 Å². The summed E-state index contributed by atoms with van der Waals surface area (Å²) in [6, 6.07) is 34.2. The van der Waals surface area contributed by atoms with Crippen molar-refractivity contribution in [3.8, 4) is 20.9 Å². The van der Waals surface area contributed by atoms with Crippen LogP contribution < -0.4 is 20.9 Å². The van der Waals surface area contributed by atoms with Crippen molar-refractivity contribution in [1.29, 1.82) is 0 Å². The number of carbonyl (C=O) groups excluding carboxylic acids is 1. The van der Waals surface area contributed by atoms with Crippen LogP contribution >= 0.6 is 45.9 Å². The monoisotopic (exact) mass is 1030 g/mol. The lowest BCUT2D eigenvalue weighted by Gasteiger charge is -2.28. The highest BCUT2D eigenvalue weighted by Gasteiger charge is 2.19. The molecule has 4 aromatic heterocycles. The number of fused-ring (bicyclic) bond motifs is 2. The minimum atomic E-state index is -0.889. The Kier molecular flexibility index (Phi) is 17.4. The van der Waals surface area contributed by atoms with Crippen molar-refractivity contribution in [3.05, 3.63) is 129 Å². The zero-order valence-corrected chi connectivity index (χ0v) is 43.9. The van der Waals surface area contributed by atoms with Crippen LogP contribution in [0, 0.1) is 0 Å². The number of hydrogen-bond donors (Lipinski definition) is 3. The number of anilines is 4. The van der Waals surface area contributed by atoms with E-state index in [1.807, 2.05) is 96.3 Å². The van der Waals surface area contributed by atoms with Crippen LogP contribution in [0.5, 0.6) is 0 Å². The van der Waals surface area contributed by atoms with E-state index in [9.17, 15) is 9.59 Å². The van der Waals surface area contributed by atoms with Crippen LogP contribution in [0.1, 0.15) is 57.9 Å². The van der Waals surface area contributed by atoms with Crippen LogP contribution in [-0.2, 0) is 14.1 Å². The number of carbonyl (C=O) groups is 2. The number of thiophene rings is 2. The zero-order chi connectivity index (χ0) is 50.0. The maximum absolute atomic E-state index is 12.9. The summed E-state index contributed by atoms with van der Waals surface area (Å²) in [5.74, 6) is 1.02. The van der Waals surface area contributed by atoms with E-state index in [1.165, 1.54) is 92.8 Å². The SMILES string of the molecule is CN(CCN1CCCCC1)c1nn(C)c2cc(N)ccc12.CN(CCN1CCCCC1)c1nn(C)c2cc(NC(=O)c3ccc(-c4ccc(Cl)cc4)s3)ccc12.O=C(O)c1ccc(-c2ccc(Cl)cc2)s1. The van der Waals surface area contributed by atoms with Crippen molar-refractivity contribution in [2.45, 2.75) is 38.5 Å². The Morgan fingerprint density at radius 3 is 1.55 bits per heavy atom. The molecule has 0 aliphatic carbocycles. The maximum Gasteiger partial charge on any atom is 0.345 e. The standard InChI is InChI=1S/C27H30ClN5OS.C16H25N5.C11H7ClO2S/c1-31(16-17-33-14-4-3-5-15-33)26-22-11-10-21(18-23(22)32(2)30-26)29-27(34)25-13-12-24(35-25)19-6-8-20(28)9-7-19;1-19(10-11-21-8-4-3-5-9-21)16-14-7-6-13(17)12-15(14)20(2)18-16;12-8-3-1-7(2-4-8)9-5-6-10(15-9)11(13)14/h6-13,18H,3-5,14-17H2,1-2H3,(H,29,34);6-7,12H,3-5,8-11,17H2,1-2H3;1-6H,(H,13,14). The number of amides is 1. The number of rotatable bonds is 13. The number of aromatic nitrogens is 4. The van der Waals surface area contributed by atoms with Crippen molar-refractivity contribution in [1.82, 2.24) is 29.4 Å². The molecule has 71 heavy (non-hydrogen) atoms. The molecule has 13 nitrogen and oxygen atoms in total. The molecule has 2 aliphatic heterocycles. The predicted octanol–water partition coefficient (Wildman–Crippen LogP) is 12.0. The highest BCUT2D eigenvalue weighted by atomic mass is 35.5. The minimum absolute atomic E-state index is 0.115. The van der Waals surface area contributed by atoms with Gasteiger partial charge in [-0.05, 0) is 148 Å². The molecule has 0 saturated carbocycles. The third kappa shape index (κ3) is 13.3. The second kappa shape index (κ2) is 24.0. The number of likely N-dealkylation sites (N-methyl/N-ethyl adjacent to an activating group) is 2. The molecule has 2 saturated heterocycles. The molecule has 6 heterocycles. The molecule has 4 aromatic carbocycles. The van der Waals surface area contributed by atoms with Crippen molar-refractivity contribution in [2.75, 3.05) is 87.3 Å². The van der Waals surface area contributed by atoms with Gasteiger partial charge in [0.25, 0.3) is 5.91 Å². The molecule has 0 spiro atoms. The molecule has 17 heteroatoms. The lowest BCUT2D eigenvalue weighted by atomic mass is 10.1. The number of hydrogen-bond acceptors (Lipinski definition) is 11. The number of aryl methyl sites for hydroxylation is 2. The van der Waals surface area contributed by atoms with E-state index < -0.39 is 5.97 Å². The highest BCUT2D eigenvalue weighted by molar-refractivity contribution is 7.17. The Bertz CT molecular complexity index is 3040. The van der Waals surface area contributed by atoms with Gasteiger partial charge in [0, 0.05) is 96.3 Å². The average molecular weight is 1030 g/mol. The molecule has 0 radical (unpaired) electrons. The number of nitrogens with one attached hydrogen (secondary N) is 1. The van der Waals surface area contributed by atoms with Gasteiger partial charge in [0.05, 0.1) is 15.9 Å². The molecule has 372 valence electrons. The number of nitrogens with two attached hydrogens (primary N) is 1. The fourth-order valence-electron chi connectivity index (χ4n) is 8.94. The molecule has 1 amide bonds. The van der Waals surface area contributed by atoms with E-state index in [0.717, 1.165) is 86.5 Å². The Hall–Kier alpha value is -5.94. The number of likely N-dealkylation sites (tertiary alicyclic amines) is 2. The van der Waals surface area contributed by atoms with Gasteiger partial charge in [0.1, 0.15) is 4.88 Å². The molecule has 8 aromatic rings. The molecular formula is C54H62Cl2N10O3S2. The summed E-state index contributed by atoms with van der Waals surface area (Å²) in [5, 5.41) is 24.9. The first-order valence-corrected chi connectivity index (χ1v) is 26.5. The van der Waals surface area contributed by atoms with Gasteiger partial charge < -0.3 is 35.8 Å². The molecule has 10 rings (SSSR count). The van der Waals surface area contributed by atoms with E-state index in [-0.39, 0.29) is 5.91 Å². The summed E-state index contributed by atoms with van der Waals surface area (Å²) >= 11 is 14.5. The first-order valence-electron chi connectivity index (χ1n) is 24.1. The van der Waals surface area contributed by atoms with E-state index >= 15 is 0 Å². The molecule has 2 fully saturated rings. The number of carboxylic acids is 1. The smallest absolute Gasteiger partial charge is 0.345 e. The lowest BCUT2D eigenvalue weighted by Crippen LogP contribution is -2.36. The van der Waals surface area contributed by atoms with Gasteiger partial charge in [-0.1, -0.05) is 60.3 Å². The van der Waals surface area contributed by atoms with E-state index in [2.05, 4.69) is 56.2 Å². The number of piperidine rings is 2. The van der Waals surface area contributed by atoms with Crippen LogP contribution in [-0.4, -0.2) is 113 Å². The Balaban J connectivity index is 0.000000159. The first kappa shape index (κ1) is 51.4. The number of nitrogen functional groups attached to an aromatic ring is 1. The van der Waals surface area contributed by atoms with Gasteiger partial charge >= 0.3 is 5.97 Å². The van der Waals surface area contributed by atoms with Crippen LogP contribution in [0.25, 0.3) is 42.7 Å². The molecule has 4 N–H and O–H groups in total. The summed E-state index contributed by atoms with van der Waals surface area (Å²) in [6.07, 6.45) is 8.03. The van der Waals surface area contributed by atoms with Gasteiger partial charge in [0.2, 0.25) is 0 Å². The van der Waals surface area contributed by atoms with Gasteiger partial charge in [-0.2, -0.15) is 10.2 Å². The van der Waals surface area contributed by atoms with E-state index in [1.54, 1.807) is 24.3 Å². The molecular weight excluding hydrogens is 972 g/mol. The van der Waals surface area contributed by atoms with Gasteiger partial charge in [-0.15, -0.1) is 22.7 Å². The van der Waals surface area contributed by atoms with Gasteiger partial charge in [-0.25, -0.2) is 4.79 Å². The first-order chi connectivity index (χ1) is 34.3. The molecule has 2 aliphatic rings. The minimum Gasteiger partial charge on any atom is -0.477 e. The van der Waals surface area contributed by atoms with E-state index in [0.29, 0.717) is 19.8 Å². The summed E-state index contributed by atoms with van der Waals surface area (Å²) in [6.45, 7) is 9.01. The number of halogens is 2. The fourth-order valence-corrected chi connectivity index (χ4v) is 10.9. The summed E-state index contributed by atoms with van der Waals surface area (Å²) in [5.41, 5.74) is 11.5. The molecule has 0 atom stereocenters. The quantitative estimate of drug-likeness (QED) is 0.0956. The Labute approximate surface area is 434 Å². The second-order valence-corrected chi connectivity index (χ2v) is 21.2. The number of benzene rings is 4. The van der Waals surface area contributed by atoms with Crippen molar-refractivity contribution in [3.63, 3.8) is 0 Å². The van der Waals surface area contributed by atoms with Gasteiger partial charge in [-0.3, -0.25) is 14.2 Å². The summed E-state index contributed by atoms with van der Waals surface area (Å²) in [7, 11) is 8.16. The van der Waals surface area contributed by atoms with Crippen molar-refractivity contribution >= 4 is 103 Å². The Morgan fingerprint density at radius 1 is 0.620 bits per heavy atom. The largest absolute Gasteiger partial charge is 0.477 e. The maximum atomic E-state index is 12.9. The highest BCUT2D eigenvalue weighted by Crippen LogP contribution is 2.33. The second-order valence-electron chi connectivity index (χ2n) is 18.2. The number of aromatic carboxylic acids is 1. The number of carboxylic acid groups (broad SMARTS) is 1. The predicted molar refractivity (Wildman–Crippen MR) is 297 cm³/mol.